The van der Waals surface area contributed by atoms with Crippen molar-refractivity contribution in [3.63, 3.8) is 0 Å². The summed E-state index contributed by atoms with van der Waals surface area (Å²) in [5.41, 5.74) is 4.27. The van der Waals surface area contributed by atoms with Crippen LogP contribution < -0.4 is 10.1 Å². The topological polar surface area (TPSA) is 69.3 Å². The summed E-state index contributed by atoms with van der Waals surface area (Å²) in [4.78, 5) is 12.8. The van der Waals surface area contributed by atoms with Gasteiger partial charge in [-0.3, -0.25) is 9.48 Å². The molecule has 1 amide bonds. The van der Waals surface area contributed by atoms with E-state index in [1.54, 1.807) is 12.1 Å². The average molecular weight is 540 g/mol. The molecular formula is C32H30ClN3O3. The molecule has 6 nitrogen and oxygen atoms in total. The standard InChI is InChI=1S/C32H30ClN3O3/c1-22-18-30(35-36(22)20-23-8-7-11-26(33)19-23)34-31(37)29-17-16-28(39-29)21-38-27-14-12-25(13-15-27)32(2,3)24-9-5-4-6-10-24/h4-19H,20-21H2,1-3H3,(H,34,35,37). The Morgan fingerprint density at radius 1 is 0.949 bits per heavy atom. The Labute approximate surface area is 233 Å². The van der Waals surface area contributed by atoms with Crippen molar-refractivity contribution in [2.45, 2.75) is 39.3 Å². The van der Waals surface area contributed by atoms with Gasteiger partial charge in [-0.1, -0.05) is 80.0 Å². The lowest BCUT2D eigenvalue weighted by Gasteiger charge is -2.26. The number of aryl methyl sites for hydroxylation is 1. The molecule has 2 heterocycles. The summed E-state index contributed by atoms with van der Waals surface area (Å²) in [5, 5.41) is 7.98. The van der Waals surface area contributed by atoms with Crippen LogP contribution in [-0.2, 0) is 18.6 Å². The van der Waals surface area contributed by atoms with E-state index in [4.69, 9.17) is 20.8 Å². The Hall–Kier alpha value is -4.29. The fourth-order valence-electron chi connectivity index (χ4n) is 4.44. The molecule has 1 N–H and O–H groups in total. The van der Waals surface area contributed by atoms with Crippen LogP contribution in [0.15, 0.2) is 101 Å². The lowest BCUT2D eigenvalue weighted by Crippen LogP contribution is -2.18. The van der Waals surface area contributed by atoms with E-state index in [2.05, 4.69) is 60.7 Å². The second-order valence-electron chi connectivity index (χ2n) is 9.98. The van der Waals surface area contributed by atoms with Crippen LogP contribution in [0.5, 0.6) is 5.75 Å². The summed E-state index contributed by atoms with van der Waals surface area (Å²) in [6.07, 6.45) is 0. The van der Waals surface area contributed by atoms with Gasteiger partial charge in [-0.25, -0.2) is 0 Å². The van der Waals surface area contributed by atoms with Gasteiger partial charge >= 0.3 is 0 Å². The van der Waals surface area contributed by atoms with Crippen LogP contribution >= 0.6 is 11.6 Å². The van der Waals surface area contributed by atoms with Gasteiger partial charge in [0.2, 0.25) is 0 Å². The number of carbonyl (C=O) groups is 1. The molecule has 7 heteroatoms. The number of halogens is 1. The Bertz CT molecular complexity index is 1570. The number of ether oxygens (including phenoxy) is 1. The SMILES string of the molecule is Cc1cc(NC(=O)c2ccc(COc3ccc(C(C)(C)c4ccccc4)cc3)o2)nn1Cc1cccc(Cl)c1. The molecule has 0 aliphatic rings. The van der Waals surface area contributed by atoms with Crippen LogP contribution in [0.3, 0.4) is 0 Å². The lowest BCUT2D eigenvalue weighted by atomic mass is 9.78. The largest absolute Gasteiger partial charge is 0.486 e. The molecule has 198 valence electrons. The predicted molar refractivity (Wildman–Crippen MR) is 154 cm³/mol. The Morgan fingerprint density at radius 3 is 2.44 bits per heavy atom. The highest BCUT2D eigenvalue weighted by molar-refractivity contribution is 6.30. The van der Waals surface area contributed by atoms with Crippen molar-refractivity contribution in [2.75, 3.05) is 5.32 Å². The molecule has 5 aromatic rings. The zero-order chi connectivity index (χ0) is 27.4. The maximum atomic E-state index is 12.8. The highest BCUT2D eigenvalue weighted by Gasteiger charge is 2.22. The fraction of sp³-hybridized carbons (Fsp3) is 0.188. The summed E-state index contributed by atoms with van der Waals surface area (Å²) in [7, 11) is 0. The zero-order valence-electron chi connectivity index (χ0n) is 22.1. The summed E-state index contributed by atoms with van der Waals surface area (Å²) in [6, 6.07) is 31.3. The first-order valence-electron chi connectivity index (χ1n) is 12.8. The molecular weight excluding hydrogens is 510 g/mol. The van der Waals surface area contributed by atoms with Crippen LogP contribution in [0.2, 0.25) is 5.02 Å². The van der Waals surface area contributed by atoms with Crippen LogP contribution in [-0.4, -0.2) is 15.7 Å². The lowest BCUT2D eigenvalue weighted by molar-refractivity contribution is 0.0992. The van der Waals surface area contributed by atoms with Gasteiger partial charge in [-0.05, 0) is 60.0 Å². The van der Waals surface area contributed by atoms with Crippen molar-refractivity contribution in [3.05, 3.63) is 136 Å². The molecule has 0 aliphatic heterocycles. The van der Waals surface area contributed by atoms with Crippen molar-refractivity contribution in [1.29, 1.82) is 0 Å². The zero-order valence-corrected chi connectivity index (χ0v) is 22.9. The van der Waals surface area contributed by atoms with E-state index in [-0.39, 0.29) is 23.7 Å². The van der Waals surface area contributed by atoms with Gasteiger partial charge in [-0.2, -0.15) is 5.10 Å². The third-order valence-corrected chi connectivity index (χ3v) is 7.02. The van der Waals surface area contributed by atoms with E-state index >= 15 is 0 Å². The van der Waals surface area contributed by atoms with Gasteiger partial charge in [0.15, 0.2) is 11.6 Å². The van der Waals surface area contributed by atoms with Gasteiger partial charge in [0.05, 0.1) is 6.54 Å². The minimum atomic E-state index is -0.374. The van der Waals surface area contributed by atoms with E-state index in [1.165, 1.54) is 11.1 Å². The Kier molecular flexibility index (Phi) is 7.57. The van der Waals surface area contributed by atoms with Crippen LogP contribution in [0.1, 0.15) is 52.5 Å². The second-order valence-corrected chi connectivity index (χ2v) is 10.4. The first-order valence-corrected chi connectivity index (χ1v) is 13.1. The molecule has 0 unspecified atom stereocenters. The first-order chi connectivity index (χ1) is 18.8. The van der Waals surface area contributed by atoms with Gasteiger partial charge in [-0.15, -0.1) is 0 Å². The predicted octanol–water partition coefficient (Wildman–Crippen LogP) is 7.64. The summed E-state index contributed by atoms with van der Waals surface area (Å²) in [6.45, 7) is 7.11. The number of anilines is 1. The van der Waals surface area contributed by atoms with E-state index in [0.717, 1.165) is 17.0 Å². The molecule has 0 saturated heterocycles. The molecule has 0 bridgehead atoms. The monoisotopic (exact) mass is 539 g/mol. The molecule has 0 saturated carbocycles. The van der Waals surface area contributed by atoms with E-state index in [0.29, 0.717) is 23.1 Å². The van der Waals surface area contributed by atoms with Crippen LogP contribution in [0, 0.1) is 6.92 Å². The number of aromatic nitrogens is 2. The van der Waals surface area contributed by atoms with E-state index < -0.39 is 0 Å². The van der Waals surface area contributed by atoms with Gasteiger partial charge in [0, 0.05) is 22.2 Å². The molecule has 5 rings (SSSR count). The fourth-order valence-corrected chi connectivity index (χ4v) is 4.65. The molecule has 3 aromatic carbocycles. The second kappa shape index (κ2) is 11.2. The quantitative estimate of drug-likeness (QED) is 0.209. The minimum Gasteiger partial charge on any atom is -0.486 e. The summed E-state index contributed by atoms with van der Waals surface area (Å²) < 4.78 is 13.5. The number of benzene rings is 3. The third-order valence-electron chi connectivity index (χ3n) is 6.78. The first kappa shape index (κ1) is 26.3. The maximum absolute atomic E-state index is 12.8. The van der Waals surface area contributed by atoms with Gasteiger partial charge in [0.25, 0.3) is 5.91 Å². The van der Waals surface area contributed by atoms with Crippen molar-refractivity contribution in [3.8, 4) is 5.75 Å². The number of hydrogen-bond acceptors (Lipinski definition) is 4. The van der Waals surface area contributed by atoms with Crippen molar-refractivity contribution in [1.82, 2.24) is 9.78 Å². The Morgan fingerprint density at radius 2 is 1.69 bits per heavy atom. The minimum absolute atomic E-state index is 0.118. The number of carbonyl (C=O) groups excluding carboxylic acids is 1. The van der Waals surface area contributed by atoms with Crippen molar-refractivity contribution >= 4 is 23.3 Å². The highest BCUT2D eigenvalue weighted by atomic mass is 35.5. The van der Waals surface area contributed by atoms with Crippen molar-refractivity contribution < 1.29 is 13.9 Å². The highest BCUT2D eigenvalue weighted by Crippen LogP contribution is 2.32. The van der Waals surface area contributed by atoms with Gasteiger partial charge < -0.3 is 14.5 Å². The van der Waals surface area contributed by atoms with E-state index in [1.807, 2.05) is 60.1 Å². The Balaban J connectivity index is 1.17. The third kappa shape index (κ3) is 6.24. The van der Waals surface area contributed by atoms with E-state index in [9.17, 15) is 4.79 Å². The molecule has 0 radical (unpaired) electrons. The number of nitrogens with one attached hydrogen (secondary N) is 1. The molecule has 2 aromatic heterocycles. The average Bonchev–Trinajstić information content (AvgIpc) is 3.54. The molecule has 0 aliphatic carbocycles. The number of amides is 1. The molecule has 0 fully saturated rings. The molecule has 0 atom stereocenters. The smallest absolute Gasteiger partial charge is 0.292 e. The molecule has 39 heavy (non-hydrogen) atoms. The number of furan rings is 1. The normalized spacial score (nSPS) is 11.4. The van der Waals surface area contributed by atoms with Gasteiger partial charge in [0.1, 0.15) is 18.1 Å². The van der Waals surface area contributed by atoms with Crippen molar-refractivity contribution in [2.24, 2.45) is 0 Å². The molecule has 0 spiro atoms. The maximum Gasteiger partial charge on any atom is 0.292 e. The van der Waals surface area contributed by atoms with Crippen LogP contribution in [0.4, 0.5) is 5.82 Å². The number of hydrogen-bond donors (Lipinski definition) is 1. The number of nitrogens with zero attached hydrogens (tertiary/aromatic N) is 2. The van der Waals surface area contributed by atoms with Crippen LogP contribution in [0.25, 0.3) is 0 Å². The number of rotatable bonds is 9. The summed E-state index contributed by atoms with van der Waals surface area (Å²) >= 11 is 6.09. The summed E-state index contributed by atoms with van der Waals surface area (Å²) in [5.74, 6) is 1.55.